The van der Waals surface area contributed by atoms with E-state index in [-0.39, 0.29) is 26.2 Å². The van der Waals surface area contributed by atoms with E-state index in [2.05, 4.69) is 4.98 Å². The Bertz CT molecular complexity index is 1280. The number of anilines is 1. The number of hydrogen-bond donors (Lipinski definition) is 0. The van der Waals surface area contributed by atoms with Crippen LogP contribution >= 0.6 is 11.3 Å². The summed E-state index contributed by atoms with van der Waals surface area (Å²) < 4.78 is 99.8. The molecule has 33 heavy (non-hydrogen) atoms. The summed E-state index contributed by atoms with van der Waals surface area (Å²) in [6, 6.07) is 7.28. The van der Waals surface area contributed by atoms with Crippen molar-refractivity contribution in [3.8, 4) is 17.0 Å². The number of methoxy groups -OCH3 is 1. The molecular weight excluding hydrogens is 489 g/mol. The summed E-state index contributed by atoms with van der Waals surface area (Å²) in [4.78, 5) is 4.48. The molecule has 0 bridgehead atoms. The first-order valence-corrected chi connectivity index (χ1v) is 11.8. The number of ether oxygens (including phenoxy) is 1. The van der Waals surface area contributed by atoms with Crippen LogP contribution in [0.5, 0.6) is 5.75 Å². The third-order valence-corrected chi connectivity index (χ3v) is 7.97. The monoisotopic (exact) mass is 505 g/mol. The number of aromatic nitrogens is 1. The zero-order valence-electron chi connectivity index (χ0n) is 17.0. The molecule has 6 nitrogen and oxygen atoms in total. The van der Waals surface area contributed by atoms with E-state index in [0.717, 1.165) is 5.56 Å². The van der Waals surface area contributed by atoms with E-state index in [4.69, 9.17) is 4.74 Å². The maximum atomic E-state index is 14.1. The third-order valence-electron chi connectivity index (χ3n) is 5.15. The van der Waals surface area contributed by atoms with Crippen LogP contribution in [0.4, 0.5) is 27.1 Å². The molecule has 0 unspecified atom stereocenters. The van der Waals surface area contributed by atoms with Crippen molar-refractivity contribution in [3.63, 3.8) is 0 Å². The van der Waals surface area contributed by atoms with Crippen LogP contribution < -0.4 is 9.64 Å². The van der Waals surface area contributed by atoms with Crippen LogP contribution in [-0.2, 0) is 10.0 Å². The van der Waals surface area contributed by atoms with Gasteiger partial charge in [0.2, 0.25) is 15.8 Å². The molecule has 13 heteroatoms. The number of halogens is 5. The Kier molecular flexibility index (Phi) is 6.29. The van der Waals surface area contributed by atoms with Crippen LogP contribution in [0.15, 0.2) is 34.5 Å². The van der Waals surface area contributed by atoms with Gasteiger partial charge in [0.05, 0.1) is 12.8 Å². The second-order valence-electron chi connectivity index (χ2n) is 7.01. The zero-order chi connectivity index (χ0) is 23.9. The number of para-hydroxylation sites is 1. The van der Waals surface area contributed by atoms with Crippen molar-refractivity contribution in [2.75, 3.05) is 38.2 Å². The molecule has 1 fully saturated rings. The van der Waals surface area contributed by atoms with Crippen molar-refractivity contribution in [2.24, 2.45) is 0 Å². The Morgan fingerprint density at radius 2 is 1.48 bits per heavy atom. The normalized spacial score (nSPS) is 15.2. The molecule has 4 rings (SSSR count). The lowest BCUT2D eigenvalue weighted by atomic mass is 10.1. The quantitative estimate of drug-likeness (QED) is 0.298. The maximum absolute atomic E-state index is 14.1. The van der Waals surface area contributed by atoms with Crippen LogP contribution in [0.2, 0.25) is 0 Å². The first kappa shape index (κ1) is 23.4. The molecule has 3 aromatic rings. The SMILES string of the molecule is COc1ccccc1-c1csc(N2CCN(S(=O)(=O)c3c(F)c(F)c(F)c(F)c3F)CC2)n1. The fourth-order valence-electron chi connectivity index (χ4n) is 3.45. The number of piperazine rings is 1. The Morgan fingerprint density at radius 1 is 0.909 bits per heavy atom. The lowest BCUT2D eigenvalue weighted by molar-refractivity contribution is 0.344. The Balaban J connectivity index is 1.54. The molecule has 0 saturated carbocycles. The summed E-state index contributed by atoms with van der Waals surface area (Å²) in [5.41, 5.74) is 1.43. The van der Waals surface area contributed by atoms with E-state index in [0.29, 0.717) is 20.9 Å². The van der Waals surface area contributed by atoms with Crippen molar-refractivity contribution in [3.05, 3.63) is 58.7 Å². The summed E-state index contributed by atoms with van der Waals surface area (Å²) >= 11 is 1.32. The van der Waals surface area contributed by atoms with Crippen LogP contribution in [0, 0.1) is 29.1 Å². The molecule has 1 saturated heterocycles. The highest BCUT2D eigenvalue weighted by atomic mass is 32.2. The minimum absolute atomic E-state index is 0.105. The zero-order valence-corrected chi connectivity index (χ0v) is 18.6. The van der Waals surface area contributed by atoms with E-state index < -0.39 is 44.0 Å². The standard InChI is InChI=1S/C20H16F5N3O3S2/c1-31-13-5-3-2-4-11(13)12-10-32-20(26-12)27-6-8-28(9-7-27)33(29,30)19-17(24)15(22)14(21)16(23)18(19)25/h2-5,10H,6-9H2,1H3. The maximum Gasteiger partial charge on any atom is 0.249 e. The van der Waals surface area contributed by atoms with Gasteiger partial charge in [-0.2, -0.15) is 4.31 Å². The van der Waals surface area contributed by atoms with Gasteiger partial charge in [0, 0.05) is 37.1 Å². The molecule has 0 radical (unpaired) electrons. The van der Waals surface area contributed by atoms with Gasteiger partial charge < -0.3 is 9.64 Å². The Labute approximate surface area is 189 Å². The second kappa shape index (κ2) is 8.88. The Hall–Kier alpha value is -2.77. The van der Waals surface area contributed by atoms with E-state index in [9.17, 15) is 30.4 Å². The predicted octanol–water partition coefficient (Wildman–Crippen LogP) is 4.03. The fraction of sp³-hybridized carbons (Fsp3) is 0.250. The molecule has 1 aliphatic rings. The summed E-state index contributed by atoms with van der Waals surface area (Å²) in [6.07, 6.45) is 0. The number of rotatable bonds is 5. The molecule has 0 N–H and O–H groups in total. The lowest BCUT2D eigenvalue weighted by Gasteiger charge is -2.33. The smallest absolute Gasteiger partial charge is 0.249 e. The van der Waals surface area contributed by atoms with Crippen LogP contribution in [0.25, 0.3) is 11.3 Å². The average Bonchev–Trinajstić information content (AvgIpc) is 3.31. The summed E-state index contributed by atoms with van der Waals surface area (Å²) in [5.74, 6) is -11.2. The highest BCUT2D eigenvalue weighted by Gasteiger charge is 2.38. The second-order valence-corrected chi connectivity index (χ2v) is 9.72. The largest absolute Gasteiger partial charge is 0.496 e. The molecule has 176 valence electrons. The van der Waals surface area contributed by atoms with Crippen molar-refractivity contribution in [1.29, 1.82) is 0 Å². The van der Waals surface area contributed by atoms with E-state index >= 15 is 0 Å². The van der Waals surface area contributed by atoms with Gasteiger partial charge in [-0.3, -0.25) is 0 Å². The van der Waals surface area contributed by atoms with Gasteiger partial charge in [-0.05, 0) is 12.1 Å². The van der Waals surface area contributed by atoms with Gasteiger partial charge in [-0.25, -0.2) is 35.4 Å². The third kappa shape index (κ3) is 4.04. The molecule has 2 aromatic carbocycles. The van der Waals surface area contributed by atoms with Gasteiger partial charge in [-0.15, -0.1) is 11.3 Å². The number of benzene rings is 2. The van der Waals surface area contributed by atoms with E-state index in [1.165, 1.54) is 18.4 Å². The van der Waals surface area contributed by atoms with Gasteiger partial charge in [0.1, 0.15) is 5.75 Å². The van der Waals surface area contributed by atoms with Gasteiger partial charge in [0.25, 0.3) is 0 Å². The number of thiazole rings is 1. The molecule has 2 heterocycles. The number of sulfonamides is 1. The first-order chi connectivity index (χ1) is 15.7. The summed E-state index contributed by atoms with van der Waals surface area (Å²) in [6.45, 7) is -0.252. The molecule has 1 aromatic heterocycles. The van der Waals surface area contributed by atoms with Crippen molar-refractivity contribution >= 4 is 26.5 Å². The summed E-state index contributed by atoms with van der Waals surface area (Å²) in [5, 5.41) is 2.40. The number of nitrogens with zero attached hydrogens (tertiary/aromatic N) is 3. The molecular formula is C20H16F5N3O3S2. The van der Waals surface area contributed by atoms with Crippen molar-refractivity contribution in [2.45, 2.75) is 4.90 Å². The fourth-order valence-corrected chi connectivity index (χ4v) is 5.86. The predicted molar refractivity (Wildman–Crippen MR) is 111 cm³/mol. The molecule has 0 amide bonds. The Morgan fingerprint density at radius 3 is 2.09 bits per heavy atom. The topological polar surface area (TPSA) is 62.7 Å². The van der Waals surface area contributed by atoms with Crippen LogP contribution in [0.1, 0.15) is 0 Å². The van der Waals surface area contributed by atoms with Gasteiger partial charge >= 0.3 is 0 Å². The highest BCUT2D eigenvalue weighted by Crippen LogP contribution is 2.34. The van der Waals surface area contributed by atoms with Crippen LogP contribution in [-0.4, -0.2) is 51.0 Å². The minimum Gasteiger partial charge on any atom is -0.496 e. The number of hydrogen-bond acceptors (Lipinski definition) is 6. The highest BCUT2D eigenvalue weighted by molar-refractivity contribution is 7.89. The summed E-state index contributed by atoms with van der Waals surface area (Å²) in [7, 11) is -3.42. The van der Waals surface area contributed by atoms with Crippen molar-refractivity contribution < 1.29 is 35.1 Å². The van der Waals surface area contributed by atoms with Crippen molar-refractivity contribution in [1.82, 2.24) is 9.29 Å². The van der Waals surface area contributed by atoms with E-state index in [1.807, 2.05) is 23.6 Å². The molecule has 1 aliphatic heterocycles. The molecule has 0 atom stereocenters. The molecule has 0 spiro atoms. The molecule has 0 aliphatic carbocycles. The minimum atomic E-state index is -4.96. The lowest BCUT2D eigenvalue weighted by Crippen LogP contribution is -2.49. The first-order valence-electron chi connectivity index (χ1n) is 9.52. The van der Waals surface area contributed by atoms with Gasteiger partial charge in [0.15, 0.2) is 33.3 Å². The van der Waals surface area contributed by atoms with E-state index in [1.54, 1.807) is 11.0 Å². The van der Waals surface area contributed by atoms with Crippen LogP contribution in [0.3, 0.4) is 0 Å². The van der Waals surface area contributed by atoms with Gasteiger partial charge in [-0.1, -0.05) is 12.1 Å². The average molecular weight is 505 g/mol.